The minimum Gasteiger partial charge on any atom is -0.455 e. The number of nitrogens with two attached hydrogens (primary N) is 1. The number of hydrogen-bond donors (Lipinski definition) is 1. The summed E-state index contributed by atoms with van der Waals surface area (Å²) in [5.41, 5.74) is 2.12. The predicted octanol–water partition coefficient (Wildman–Crippen LogP) is 2.74. The highest BCUT2D eigenvalue weighted by Crippen LogP contribution is 2.21. The fraction of sp³-hybridized carbons (Fsp3) is 0.118. The van der Waals surface area contributed by atoms with E-state index in [1.807, 2.05) is 24.3 Å². The molecule has 0 aliphatic carbocycles. The molecule has 0 spiro atoms. The Morgan fingerprint density at radius 2 is 1.67 bits per heavy atom. The number of pyridine rings is 1. The molecular weight excluding hydrogens is 267 g/mol. The van der Waals surface area contributed by atoms with E-state index in [0.717, 1.165) is 30.2 Å². The molecule has 0 aliphatic rings. The van der Waals surface area contributed by atoms with Crippen molar-refractivity contribution in [3.8, 4) is 11.3 Å². The highest BCUT2D eigenvalue weighted by molar-refractivity contribution is 5.57. The second-order valence-electron chi connectivity index (χ2n) is 4.83. The van der Waals surface area contributed by atoms with Crippen molar-refractivity contribution in [1.29, 1.82) is 0 Å². The lowest BCUT2D eigenvalue weighted by atomic mass is 10.2. The molecule has 3 aromatic rings. The van der Waals surface area contributed by atoms with Crippen molar-refractivity contribution in [3.63, 3.8) is 0 Å². The maximum absolute atomic E-state index is 12.9. The summed E-state index contributed by atoms with van der Waals surface area (Å²) in [7, 11) is 0. The third-order valence-corrected chi connectivity index (χ3v) is 3.27. The van der Waals surface area contributed by atoms with Crippen LogP contribution in [0, 0.1) is 5.82 Å². The van der Waals surface area contributed by atoms with Crippen molar-refractivity contribution in [3.05, 3.63) is 78.1 Å². The lowest BCUT2D eigenvalue weighted by Crippen LogP contribution is -2.80. The Morgan fingerprint density at radius 1 is 0.905 bits per heavy atom. The lowest BCUT2D eigenvalue weighted by molar-refractivity contribution is -0.687. The first-order chi connectivity index (χ1) is 10.3. The zero-order chi connectivity index (χ0) is 14.5. The summed E-state index contributed by atoms with van der Waals surface area (Å²) in [6, 6.07) is 14.2. The van der Waals surface area contributed by atoms with Crippen LogP contribution in [0.2, 0.25) is 0 Å². The Bertz CT molecular complexity index is 692. The van der Waals surface area contributed by atoms with Gasteiger partial charge in [-0.05, 0) is 48.5 Å². The fourth-order valence-electron chi connectivity index (χ4n) is 2.16. The van der Waals surface area contributed by atoms with Gasteiger partial charge >= 0.3 is 0 Å². The standard InChI is InChI=1S/C17H15FN2O/c18-15-3-1-14(2-4-15)17-6-5-16(21-17)12-20-11-13-7-9-19-10-8-13/h1-10,20H,11-12H2/p+1. The lowest BCUT2D eigenvalue weighted by Gasteiger charge is -2.00. The van der Waals surface area contributed by atoms with Crippen LogP contribution in [0.1, 0.15) is 11.3 Å². The molecule has 0 radical (unpaired) electrons. The molecule has 3 nitrogen and oxygen atoms in total. The zero-order valence-corrected chi connectivity index (χ0v) is 11.5. The highest BCUT2D eigenvalue weighted by Gasteiger charge is 2.06. The van der Waals surface area contributed by atoms with Gasteiger partial charge in [0.1, 0.15) is 24.7 Å². The van der Waals surface area contributed by atoms with Gasteiger partial charge in [0.25, 0.3) is 0 Å². The molecule has 0 amide bonds. The van der Waals surface area contributed by atoms with Gasteiger partial charge in [0.15, 0.2) is 5.76 Å². The molecule has 2 N–H and O–H groups in total. The maximum Gasteiger partial charge on any atom is 0.158 e. The van der Waals surface area contributed by atoms with Crippen LogP contribution in [-0.4, -0.2) is 4.98 Å². The number of quaternary nitrogens is 1. The van der Waals surface area contributed by atoms with Crippen LogP contribution in [0.3, 0.4) is 0 Å². The van der Waals surface area contributed by atoms with E-state index in [2.05, 4.69) is 10.3 Å². The van der Waals surface area contributed by atoms with E-state index in [4.69, 9.17) is 4.42 Å². The Balaban J connectivity index is 1.59. The molecule has 106 valence electrons. The van der Waals surface area contributed by atoms with Crippen LogP contribution in [0.5, 0.6) is 0 Å². The molecule has 0 bridgehead atoms. The van der Waals surface area contributed by atoms with E-state index < -0.39 is 0 Å². The molecular formula is C17H16FN2O+. The first-order valence-corrected chi connectivity index (χ1v) is 6.86. The summed E-state index contributed by atoms with van der Waals surface area (Å²) in [5.74, 6) is 1.43. The number of benzene rings is 1. The molecule has 2 heterocycles. The first-order valence-electron chi connectivity index (χ1n) is 6.86. The smallest absolute Gasteiger partial charge is 0.158 e. The van der Waals surface area contributed by atoms with E-state index in [1.165, 1.54) is 17.7 Å². The van der Waals surface area contributed by atoms with Gasteiger partial charge in [-0.1, -0.05) is 0 Å². The molecule has 4 heteroatoms. The Morgan fingerprint density at radius 3 is 2.43 bits per heavy atom. The molecule has 0 saturated heterocycles. The number of hydrogen-bond acceptors (Lipinski definition) is 2. The molecule has 21 heavy (non-hydrogen) atoms. The molecule has 0 unspecified atom stereocenters. The van der Waals surface area contributed by atoms with E-state index in [9.17, 15) is 4.39 Å². The molecule has 0 atom stereocenters. The van der Waals surface area contributed by atoms with Crippen molar-refractivity contribution >= 4 is 0 Å². The average molecular weight is 283 g/mol. The normalized spacial score (nSPS) is 10.7. The monoisotopic (exact) mass is 283 g/mol. The topological polar surface area (TPSA) is 42.6 Å². The fourth-order valence-corrected chi connectivity index (χ4v) is 2.16. The quantitative estimate of drug-likeness (QED) is 0.782. The van der Waals surface area contributed by atoms with Crippen molar-refractivity contribution in [2.24, 2.45) is 0 Å². The Kier molecular flexibility index (Phi) is 4.07. The number of aromatic nitrogens is 1. The molecule has 3 rings (SSSR count). The predicted molar refractivity (Wildman–Crippen MR) is 77.7 cm³/mol. The number of halogens is 1. The summed E-state index contributed by atoms with van der Waals surface area (Å²) < 4.78 is 18.7. The second-order valence-corrected chi connectivity index (χ2v) is 4.83. The van der Waals surface area contributed by atoms with Crippen LogP contribution in [0.15, 0.2) is 65.3 Å². The van der Waals surface area contributed by atoms with Gasteiger partial charge in [0, 0.05) is 23.5 Å². The minimum atomic E-state index is -0.240. The van der Waals surface area contributed by atoms with Crippen LogP contribution in [-0.2, 0) is 13.1 Å². The largest absolute Gasteiger partial charge is 0.455 e. The SMILES string of the molecule is Fc1ccc(-c2ccc(C[NH2+]Cc3ccncc3)o2)cc1. The van der Waals surface area contributed by atoms with Crippen LogP contribution in [0.4, 0.5) is 4.39 Å². The van der Waals surface area contributed by atoms with Gasteiger partial charge in [0.05, 0.1) is 0 Å². The van der Waals surface area contributed by atoms with Gasteiger partial charge < -0.3 is 9.73 Å². The zero-order valence-electron chi connectivity index (χ0n) is 11.5. The van der Waals surface area contributed by atoms with Crippen molar-refractivity contribution < 1.29 is 14.1 Å². The molecule has 2 aromatic heterocycles. The maximum atomic E-state index is 12.9. The second kappa shape index (κ2) is 6.33. The number of rotatable bonds is 5. The third kappa shape index (κ3) is 3.55. The summed E-state index contributed by atoms with van der Waals surface area (Å²) in [6.07, 6.45) is 3.59. The van der Waals surface area contributed by atoms with Crippen molar-refractivity contribution in [1.82, 2.24) is 4.98 Å². The van der Waals surface area contributed by atoms with Crippen molar-refractivity contribution in [2.75, 3.05) is 0 Å². The summed E-state index contributed by atoms with van der Waals surface area (Å²) >= 11 is 0. The average Bonchev–Trinajstić information content (AvgIpc) is 2.98. The van der Waals surface area contributed by atoms with Gasteiger partial charge in [-0.25, -0.2) is 4.39 Å². The molecule has 0 fully saturated rings. The summed E-state index contributed by atoms with van der Waals surface area (Å²) in [4.78, 5) is 4.00. The van der Waals surface area contributed by atoms with Gasteiger partial charge in [-0.2, -0.15) is 0 Å². The first kappa shape index (κ1) is 13.5. The van der Waals surface area contributed by atoms with Crippen molar-refractivity contribution in [2.45, 2.75) is 13.1 Å². The number of furan rings is 1. The number of nitrogens with zero attached hydrogens (tertiary/aromatic N) is 1. The highest BCUT2D eigenvalue weighted by atomic mass is 19.1. The third-order valence-electron chi connectivity index (χ3n) is 3.27. The Labute approximate surface area is 122 Å². The van der Waals surface area contributed by atoms with E-state index in [-0.39, 0.29) is 5.82 Å². The van der Waals surface area contributed by atoms with Gasteiger partial charge in [-0.15, -0.1) is 0 Å². The summed E-state index contributed by atoms with van der Waals surface area (Å²) in [5, 5.41) is 2.17. The minimum absolute atomic E-state index is 0.240. The van der Waals surface area contributed by atoms with Crippen LogP contribution in [0.25, 0.3) is 11.3 Å². The van der Waals surface area contributed by atoms with Gasteiger partial charge in [0.2, 0.25) is 0 Å². The Hall–Kier alpha value is -2.46. The summed E-state index contributed by atoms with van der Waals surface area (Å²) in [6.45, 7) is 1.65. The van der Waals surface area contributed by atoms with Crippen LogP contribution < -0.4 is 5.32 Å². The van der Waals surface area contributed by atoms with Gasteiger partial charge in [-0.3, -0.25) is 4.98 Å². The van der Waals surface area contributed by atoms with E-state index in [0.29, 0.717) is 0 Å². The molecule has 0 saturated carbocycles. The molecule has 1 aromatic carbocycles. The van der Waals surface area contributed by atoms with E-state index >= 15 is 0 Å². The molecule has 0 aliphatic heterocycles. The van der Waals surface area contributed by atoms with E-state index in [1.54, 1.807) is 24.5 Å². The van der Waals surface area contributed by atoms with Crippen LogP contribution >= 0.6 is 0 Å².